The van der Waals surface area contributed by atoms with Crippen LogP contribution in [0.25, 0.3) is 0 Å². The summed E-state index contributed by atoms with van der Waals surface area (Å²) in [7, 11) is 0. The number of aliphatic hydroxyl groups is 1. The van der Waals surface area contributed by atoms with E-state index in [9.17, 15) is 4.79 Å². The summed E-state index contributed by atoms with van der Waals surface area (Å²) in [6.45, 7) is 1.32. The lowest BCUT2D eigenvalue weighted by atomic mass is 10.6. The Morgan fingerprint density at radius 3 is 2.88 bits per heavy atom. The second-order valence-electron chi connectivity index (χ2n) is 1.23. The third-order valence-electron chi connectivity index (χ3n) is 0.555. The van der Waals surface area contributed by atoms with Crippen molar-refractivity contribution in [3.8, 4) is 0 Å². The second kappa shape index (κ2) is 4.33. The van der Waals surface area contributed by atoms with Crippen LogP contribution in [0.2, 0.25) is 0 Å². The predicted molar refractivity (Wildman–Crippen MR) is 30.0 cm³/mol. The largest absolute Gasteiger partial charge is 0.387 e. The lowest BCUT2D eigenvalue weighted by Crippen LogP contribution is -2.20. The van der Waals surface area contributed by atoms with Gasteiger partial charge in [0.2, 0.25) is 5.91 Å². The van der Waals surface area contributed by atoms with E-state index in [1.807, 2.05) is 0 Å². The Morgan fingerprint density at radius 1 is 1.88 bits per heavy atom. The summed E-state index contributed by atoms with van der Waals surface area (Å²) in [6, 6.07) is 0. The van der Waals surface area contributed by atoms with E-state index in [-0.39, 0.29) is 5.91 Å². The fourth-order valence-electron chi connectivity index (χ4n) is 0.222. The van der Waals surface area contributed by atoms with Crippen LogP contribution in [0.4, 0.5) is 0 Å². The average Bonchev–Trinajstić information content (AvgIpc) is 1.83. The van der Waals surface area contributed by atoms with Crippen LogP contribution in [-0.4, -0.2) is 17.6 Å². The monoisotopic (exact) mass is 115 g/mol. The van der Waals surface area contributed by atoms with Gasteiger partial charge in [-0.3, -0.25) is 4.79 Å². The van der Waals surface area contributed by atoms with E-state index < -0.39 is 6.61 Å². The lowest BCUT2D eigenvalue weighted by Gasteiger charge is -1.90. The molecule has 8 heavy (non-hydrogen) atoms. The normalized spacial score (nSPS) is 9.75. The number of rotatable bonds is 2. The van der Waals surface area contributed by atoms with Gasteiger partial charge in [0.25, 0.3) is 0 Å². The van der Waals surface area contributed by atoms with Crippen molar-refractivity contribution in [2.24, 2.45) is 0 Å². The molecule has 0 unspecified atom stereocenters. The van der Waals surface area contributed by atoms with Crippen LogP contribution < -0.4 is 5.32 Å². The van der Waals surface area contributed by atoms with Crippen molar-refractivity contribution in [2.75, 3.05) is 6.61 Å². The van der Waals surface area contributed by atoms with E-state index in [4.69, 9.17) is 5.11 Å². The molecule has 0 saturated carbocycles. The molecule has 0 aliphatic heterocycles. The highest BCUT2D eigenvalue weighted by atomic mass is 16.3. The zero-order valence-corrected chi connectivity index (χ0v) is 4.72. The van der Waals surface area contributed by atoms with Crippen LogP contribution in [-0.2, 0) is 4.79 Å². The number of allylic oxidation sites excluding steroid dienone is 1. The first-order valence-electron chi connectivity index (χ1n) is 2.32. The Balaban J connectivity index is 3.25. The van der Waals surface area contributed by atoms with Crippen LogP contribution in [0.5, 0.6) is 0 Å². The number of hydrogen-bond donors (Lipinski definition) is 2. The Hall–Kier alpha value is -0.830. The Bertz CT molecular complexity index is 98.6. The van der Waals surface area contributed by atoms with E-state index in [0.717, 1.165) is 0 Å². The SMILES string of the molecule is CC=CNC(=O)CO. The standard InChI is InChI=1S/C5H9NO2/c1-2-3-6-5(8)4-7/h2-3,7H,4H2,1H3,(H,6,8). The Labute approximate surface area is 48.0 Å². The second-order valence-corrected chi connectivity index (χ2v) is 1.23. The minimum atomic E-state index is -0.454. The van der Waals surface area contributed by atoms with Crippen LogP contribution in [0.3, 0.4) is 0 Å². The maximum absolute atomic E-state index is 10.2. The lowest BCUT2D eigenvalue weighted by molar-refractivity contribution is -0.122. The van der Waals surface area contributed by atoms with Crippen molar-refractivity contribution in [1.29, 1.82) is 0 Å². The molecular weight excluding hydrogens is 106 g/mol. The molecular formula is C5H9NO2. The first-order valence-corrected chi connectivity index (χ1v) is 2.32. The number of carbonyl (C=O) groups excluding carboxylic acids is 1. The van der Waals surface area contributed by atoms with Crippen molar-refractivity contribution in [3.63, 3.8) is 0 Å². The number of aliphatic hydroxyl groups excluding tert-OH is 1. The topological polar surface area (TPSA) is 49.3 Å². The molecule has 46 valence electrons. The molecule has 0 atom stereocenters. The van der Waals surface area contributed by atoms with Crippen LogP contribution in [0.15, 0.2) is 12.3 Å². The minimum Gasteiger partial charge on any atom is -0.387 e. The van der Waals surface area contributed by atoms with Crippen LogP contribution in [0, 0.1) is 0 Å². The first kappa shape index (κ1) is 7.17. The third kappa shape index (κ3) is 3.36. The van der Waals surface area contributed by atoms with Crippen molar-refractivity contribution < 1.29 is 9.90 Å². The molecule has 0 saturated heterocycles. The molecule has 0 spiro atoms. The van der Waals surface area contributed by atoms with Gasteiger partial charge in [0.05, 0.1) is 0 Å². The van der Waals surface area contributed by atoms with Gasteiger partial charge in [-0.15, -0.1) is 0 Å². The van der Waals surface area contributed by atoms with E-state index >= 15 is 0 Å². The summed E-state index contributed by atoms with van der Waals surface area (Å²) in [5.74, 6) is -0.386. The molecule has 1 amide bonds. The number of nitrogens with one attached hydrogen (secondary N) is 1. The van der Waals surface area contributed by atoms with Gasteiger partial charge < -0.3 is 10.4 Å². The summed E-state index contributed by atoms with van der Waals surface area (Å²) in [5, 5.41) is 10.4. The quantitative estimate of drug-likeness (QED) is 0.515. The molecule has 3 nitrogen and oxygen atoms in total. The van der Waals surface area contributed by atoms with Crippen molar-refractivity contribution >= 4 is 5.91 Å². The molecule has 0 bridgehead atoms. The summed E-state index contributed by atoms with van der Waals surface area (Å²) in [4.78, 5) is 10.2. The van der Waals surface area contributed by atoms with E-state index in [1.165, 1.54) is 6.20 Å². The predicted octanol–water partition coefficient (Wildman–Crippen LogP) is -0.371. The van der Waals surface area contributed by atoms with Gasteiger partial charge in [-0.25, -0.2) is 0 Å². The molecule has 2 N–H and O–H groups in total. The van der Waals surface area contributed by atoms with E-state index in [0.29, 0.717) is 0 Å². The summed E-state index contributed by atoms with van der Waals surface area (Å²) in [5.41, 5.74) is 0. The summed E-state index contributed by atoms with van der Waals surface area (Å²) < 4.78 is 0. The Kier molecular flexibility index (Phi) is 3.88. The molecule has 0 aromatic carbocycles. The molecule has 0 heterocycles. The van der Waals surface area contributed by atoms with Gasteiger partial charge in [-0.05, 0) is 13.1 Å². The van der Waals surface area contributed by atoms with Gasteiger partial charge in [0.1, 0.15) is 6.61 Å². The molecule has 0 fully saturated rings. The van der Waals surface area contributed by atoms with Gasteiger partial charge in [0, 0.05) is 0 Å². The zero-order chi connectivity index (χ0) is 6.41. The van der Waals surface area contributed by atoms with Crippen LogP contribution >= 0.6 is 0 Å². The highest BCUT2D eigenvalue weighted by Crippen LogP contribution is 1.63. The van der Waals surface area contributed by atoms with Gasteiger partial charge in [0.15, 0.2) is 0 Å². The maximum Gasteiger partial charge on any atom is 0.249 e. The average molecular weight is 115 g/mol. The molecule has 0 aliphatic carbocycles. The number of carbonyl (C=O) groups is 1. The number of hydrogen-bond acceptors (Lipinski definition) is 2. The fraction of sp³-hybridized carbons (Fsp3) is 0.400. The molecule has 0 aromatic rings. The highest BCUT2D eigenvalue weighted by molar-refractivity contribution is 5.77. The van der Waals surface area contributed by atoms with Gasteiger partial charge >= 0.3 is 0 Å². The van der Waals surface area contributed by atoms with Gasteiger partial charge in [-0.2, -0.15) is 0 Å². The molecule has 0 rings (SSSR count). The van der Waals surface area contributed by atoms with E-state index in [2.05, 4.69) is 5.32 Å². The van der Waals surface area contributed by atoms with Crippen molar-refractivity contribution in [2.45, 2.75) is 6.92 Å². The third-order valence-corrected chi connectivity index (χ3v) is 0.555. The smallest absolute Gasteiger partial charge is 0.249 e. The molecule has 0 aliphatic rings. The molecule has 0 aromatic heterocycles. The van der Waals surface area contributed by atoms with E-state index in [1.54, 1.807) is 13.0 Å². The fourth-order valence-corrected chi connectivity index (χ4v) is 0.222. The minimum absolute atomic E-state index is 0.386. The Morgan fingerprint density at radius 2 is 2.50 bits per heavy atom. The summed E-state index contributed by atoms with van der Waals surface area (Å²) in [6.07, 6.45) is 3.14. The van der Waals surface area contributed by atoms with Crippen molar-refractivity contribution in [3.05, 3.63) is 12.3 Å². The zero-order valence-electron chi connectivity index (χ0n) is 4.72. The maximum atomic E-state index is 10.2. The van der Waals surface area contributed by atoms with Crippen molar-refractivity contribution in [1.82, 2.24) is 5.32 Å². The van der Waals surface area contributed by atoms with Crippen LogP contribution in [0.1, 0.15) is 6.92 Å². The highest BCUT2D eigenvalue weighted by Gasteiger charge is 1.88. The number of amides is 1. The summed E-state index contributed by atoms with van der Waals surface area (Å²) >= 11 is 0. The van der Waals surface area contributed by atoms with Gasteiger partial charge in [-0.1, -0.05) is 6.08 Å². The molecule has 3 heteroatoms. The molecule has 0 radical (unpaired) electrons. The first-order chi connectivity index (χ1) is 3.81.